The van der Waals surface area contributed by atoms with Crippen molar-refractivity contribution in [2.45, 2.75) is 187 Å². The number of rotatable bonds is 34. The second kappa shape index (κ2) is 29.6. The second-order valence-corrected chi connectivity index (χ2v) is 15.8. The van der Waals surface area contributed by atoms with E-state index in [2.05, 4.69) is 19.2 Å². The second-order valence-electron chi connectivity index (χ2n) is 14.3. The fraction of sp³-hybridized carbons (Fsp3) is 0.972. The number of carbonyl (C=O) groups is 1. The SMILES string of the molecule is CCCCCCCCCCCCCC[C@@H](O)[C@H](COP(=O)(O)OCC[N+](C)(C)C)NC(=O)CCCCCCCCCCCCC. The Kier molecular flexibility index (Phi) is 29.3. The van der Waals surface area contributed by atoms with Crippen LogP contribution in [0, 0.1) is 0 Å². The van der Waals surface area contributed by atoms with Crippen molar-refractivity contribution in [3.63, 3.8) is 0 Å². The Morgan fingerprint density at radius 1 is 0.667 bits per heavy atom. The maximum Gasteiger partial charge on any atom is 0.472 e. The summed E-state index contributed by atoms with van der Waals surface area (Å²) in [7, 11) is 1.62. The first-order chi connectivity index (χ1) is 21.5. The summed E-state index contributed by atoms with van der Waals surface area (Å²) < 4.78 is 23.5. The molecule has 0 radical (unpaired) electrons. The number of hydrogen-bond donors (Lipinski definition) is 3. The van der Waals surface area contributed by atoms with Gasteiger partial charge in [0.25, 0.3) is 0 Å². The lowest BCUT2D eigenvalue weighted by Gasteiger charge is -2.26. The Bertz CT molecular complexity index is 718. The number of amides is 1. The summed E-state index contributed by atoms with van der Waals surface area (Å²) in [5.74, 6) is -0.146. The van der Waals surface area contributed by atoms with Crippen LogP contribution in [-0.2, 0) is 18.4 Å². The van der Waals surface area contributed by atoms with Gasteiger partial charge in [0.1, 0.15) is 13.2 Å². The van der Waals surface area contributed by atoms with Crippen LogP contribution in [0.25, 0.3) is 0 Å². The third kappa shape index (κ3) is 31.8. The molecule has 0 aliphatic heterocycles. The van der Waals surface area contributed by atoms with Crippen LogP contribution < -0.4 is 5.32 Å². The molecule has 3 atom stereocenters. The summed E-state index contributed by atoms with van der Waals surface area (Å²) in [6, 6.07) is -0.750. The van der Waals surface area contributed by atoms with Crippen LogP contribution in [0.3, 0.4) is 0 Å². The first-order valence-corrected chi connectivity index (χ1v) is 20.4. The number of phosphoric acid groups is 1. The molecule has 1 amide bonds. The van der Waals surface area contributed by atoms with E-state index in [0.717, 1.165) is 38.5 Å². The Morgan fingerprint density at radius 2 is 1.07 bits per heavy atom. The number of unbranched alkanes of at least 4 members (excludes halogenated alkanes) is 21. The number of likely N-dealkylation sites (N-methyl/N-ethyl adjacent to an activating group) is 1. The minimum absolute atomic E-state index is 0.0779. The van der Waals surface area contributed by atoms with Crippen molar-refractivity contribution >= 4 is 13.7 Å². The van der Waals surface area contributed by atoms with Gasteiger partial charge in [0.05, 0.1) is 39.9 Å². The zero-order chi connectivity index (χ0) is 33.7. The van der Waals surface area contributed by atoms with Gasteiger partial charge in [-0.15, -0.1) is 0 Å². The average molecular weight is 664 g/mol. The molecule has 8 nitrogen and oxygen atoms in total. The highest BCUT2D eigenvalue weighted by Gasteiger charge is 2.28. The van der Waals surface area contributed by atoms with Gasteiger partial charge in [-0.3, -0.25) is 13.8 Å². The van der Waals surface area contributed by atoms with Crippen molar-refractivity contribution in [3.8, 4) is 0 Å². The zero-order valence-electron chi connectivity index (χ0n) is 30.4. The van der Waals surface area contributed by atoms with Gasteiger partial charge < -0.3 is 19.8 Å². The molecule has 45 heavy (non-hydrogen) atoms. The first kappa shape index (κ1) is 44.5. The van der Waals surface area contributed by atoms with E-state index in [1.54, 1.807) is 0 Å². The number of phosphoric ester groups is 1. The summed E-state index contributed by atoms with van der Waals surface area (Å²) >= 11 is 0. The molecule has 3 N–H and O–H groups in total. The van der Waals surface area contributed by atoms with Crippen LogP contribution in [0.1, 0.15) is 174 Å². The van der Waals surface area contributed by atoms with E-state index in [9.17, 15) is 19.4 Å². The molecule has 0 saturated heterocycles. The highest BCUT2D eigenvalue weighted by molar-refractivity contribution is 7.47. The van der Waals surface area contributed by atoms with Gasteiger partial charge in [0.15, 0.2) is 0 Å². The molecule has 0 heterocycles. The van der Waals surface area contributed by atoms with Crippen molar-refractivity contribution in [2.75, 3.05) is 40.9 Å². The molecule has 0 saturated carbocycles. The van der Waals surface area contributed by atoms with Crippen LogP contribution >= 0.6 is 7.82 Å². The number of quaternary nitrogens is 1. The first-order valence-electron chi connectivity index (χ1n) is 18.9. The van der Waals surface area contributed by atoms with Crippen molar-refractivity contribution in [2.24, 2.45) is 0 Å². The summed E-state index contributed by atoms with van der Waals surface area (Å²) in [4.78, 5) is 22.9. The summed E-state index contributed by atoms with van der Waals surface area (Å²) in [5, 5.41) is 13.8. The summed E-state index contributed by atoms with van der Waals surface area (Å²) in [6.07, 6.45) is 28.3. The Hall–Kier alpha value is -0.500. The molecule has 0 aromatic carbocycles. The van der Waals surface area contributed by atoms with Crippen molar-refractivity contribution in [3.05, 3.63) is 0 Å². The van der Waals surface area contributed by atoms with Crippen LogP contribution in [0.2, 0.25) is 0 Å². The Labute approximate surface area is 279 Å². The molecule has 0 aliphatic carbocycles. The van der Waals surface area contributed by atoms with Crippen LogP contribution in [-0.4, -0.2) is 73.4 Å². The smallest absolute Gasteiger partial charge is 0.391 e. The van der Waals surface area contributed by atoms with E-state index < -0.39 is 20.0 Å². The summed E-state index contributed by atoms with van der Waals surface area (Å²) in [6.45, 7) is 4.86. The number of aliphatic hydroxyl groups excluding tert-OH is 1. The highest BCUT2D eigenvalue weighted by atomic mass is 31.2. The van der Waals surface area contributed by atoms with Crippen LogP contribution in [0.4, 0.5) is 0 Å². The molecule has 0 aromatic heterocycles. The molecule has 0 rings (SSSR count). The minimum atomic E-state index is -4.29. The highest BCUT2D eigenvalue weighted by Crippen LogP contribution is 2.43. The van der Waals surface area contributed by atoms with Gasteiger partial charge >= 0.3 is 7.82 Å². The average Bonchev–Trinajstić information content (AvgIpc) is 2.97. The van der Waals surface area contributed by atoms with E-state index in [1.807, 2.05) is 21.1 Å². The predicted octanol–water partition coefficient (Wildman–Crippen LogP) is 9.46. The van der Waals surface area contributed by atoms with Crippen molar-refractivity contribution in [1.29, 1.82) is 0 Å². The molecule has 0 bridgehead atoms. The molecule has 1 unspecified atom stereocenters. The molecule has 9 heteroatoms. The lowest BCUT2D eigenvalue weighted by Crippen LogP contribution is -2.46. The molecular weight excluding hydrogens is 587 g/mol. The number of carbonyl (C=O) groups excluding carboxylic acids is 1. The molecule has 0 aromatic rings. The number of hydrogen-bond acceptors (Lipinski definition) is 5. The third-order valence-electron chi connectivity index (χ3n) is 8.61. The van der Waals surface area contributed by atoms with Gasteiger partial charge in [-0.05, 0) is 12.8 Å². The topological polar surface area (TPSA) is 105 Å². The fourth-order valence-corrected chi connectivity index (χ4v) is 6.25. The monoisotopic (exact) mass is 664 g/mol. The third-order valence-corrected chi connectivity index (χ3v) is 9.59. The number of nitrogens with zero attached hydrogens (tertiary/aromatic N) is 1. The normalized spacial score (nSPS) is 14.7. The maximum absolute atomic E-state index is 12.8. The maximum atomic E-state index is 12.8. The quantitative estimate of drug-likeness (QED) is 0.0360. The van der Waals surface area contributed by atoms with Gasteiger partial charge in [-0.1, -0.05) is 155 Å². The van der Waals surface area contributed by atoms with E-state index in [-0.39, 0.29) is 19.1 Å². The van der Waals surface area contributed by atoms with E-state index in [4.69, 9.17) is 9.05 Å². The lowest BCUT2D eigenvalue weighted by molar-refractivity contribution is -0.870. The predicted molar refractivity (Wildman–Crippen MR) is 189 cm³/mol. The molecule has 270 valence electrons. The largest absolute Gasteiger partial charge is 0.472 e. The standard InChI is InChI=1S/C36H75N2O6P/c1-6-8-10-12-14-16-18-20-21-23-25-27-29-35(39)34(33-44-45(41,42)43-32-31-38(3,4)5)37-36(40)30-28-26-24-22-19-17-15-13-11-9-7-2/h34-35,39H,6-33H2,1-5H3,(H-,37,40,41,42)/p+1/t34-,35+/m0/s1. The van der Waals surface area contributed by atoms with E-state index in [1.165, 1.54) is 109 Å². The molecule has 0 spiro atoms. The number of aliphatic hydroxyl groups is 1. The number of nitrogens with one attached hydrogen (secondary N) is 1. The van der Waals surface area contributed by atoms with Crippen molar-refractivity contribution in [1.82, 2.24) is 5.32 Å². The Morgan fingerprint density at radius 3 is 1.49 bits per heavy atom. The minimum Gasteiger partial charge on any atom is -0.391 e. The lowest BCUT2D eigenvalue weighted by atomic mass is 10.0. The molecule has 0 aliphatic rings. The Balaban J connectivity index is 4.47. The van der Waals surface area contributed by atoms with Gasteiger partial charge in [0, 0.05) is 6.42 Å². The van der Waals surface area contributed by atoms with Gasteiger partial charge in [-0.2, -0.15) is 0 Å². The molecule has 0 fully saturated rings. The van der Waals surface area contributed by atoms with Gasteiger partial charge in [0.2, 0.25) is 5.91 Å². The van der Waals surface area contributed by atoms with E-state index in [0.29, 0.717) is 23.9 Å². The van der Waals surface area contributed by atoms with Crippen LogP contribution in [0.5, 0.6) is 0 Å². The zero-order valence-corrected chi connectivity index (χ0v) is 31.3. The van der Waals surface area contributed by atoms with Crippen LogP contribution in [0.15, 0.2) is 0 Å². The summed E-state index contributed by atoms with van der Waals surface area (Å²) in [5.41, 5.74) is 0. The fourth-order valence-electron chi connectivity index (χ4n) is 5.52. The van der Waals surface area contributed by atoms with Crippen molar-refractivity contribution < 1.29 is 32.9 Å². The van der Waals surface area contributed by atoms with E-state index >= 15 is 0 Å². The molecular formula is C36H76N2O6P+. The van der Waals surface area contributed by atoms with Gasteiger partial charge in [-0.25, -0.2) is 4.57 Å².